The molecule has 0 amide bonds. The molecule has 7 heteroatoms. The average molecular weight is 247 g/mol. The lowest BCUT2D eigenvalue weighted by atomic mass is 10.00. The highest BCUT2D eigenvalue weighted by Crippen LogP contribution is 2.20. The lowest BCUT2D eigenvalue weighted by Gasteiger charge is -2.30. The minimum atomic E-state index is -0.298. The van der Waals surface area contributed by atoms with Crippen LogP contribution in [-0.4, -0.2) is 39.0 Å². The number of carbonyl (C=O) groups excluding carboxylic acids is 1. The molecule has 0 aliphatic carbocycles. The molecule has 0 radical (unpaired) electrons. The van der Waals surface area contributed by atoms with Gasteiger partial charge in [-0.25, -0.2) is 19.3 Å². The van der Waals surface area contributed by atoms with Gasteiger partial charge in [0, 0.05) is 25.1 Å². The fourth-order valence-electron chi connectivity index (χ4n) is 2.30. The standard InChI is InChI=1S/C11H13N5O2/c17-6-8-2-1-3-15(5-8)9-4-10-13-14-11(18)16(10)7-12-9/h4,6-8H,1-3,5H2,(H,14,18). The summed E-state index contributed by atoms with van der Waals surface area (Å²) in [6.45, 7) is 1.56. The molecular weight excluding hydrogens is 234 g/mol. The van der Waals surface area contributed by atoms with E-state index in [1.54, 1.807) is 6.07 Å². The molecule has 2 aromatic heterocycles. The maximum atomic E-state index is 11.3. The van der Waals surface area contributed by atoms with E-state index in [9.17, 15) is 9.59 Å². The SMILES string of the molecule is O=CC1CCCN(c2cc3n[nH]c(=O)n3cn2)C1. The predicted octanol–water partition coefficient (Wildman–Crippen LogP) is -0.167. The molecular formula is C11H13N5O2. The fourth-order valence-corrected chi connectivity index (χ4v) is 2.30. The summed E-state index contributed by atoms with van der Waals surface area (Å²) >= 11 is 0. The molecule has 1 atom stereocenters. The smallest absolute Gasteiger partial charge is 0.348 e. The number of nitrogens with zero attached hydrogens (tertiary/aromatic N) is 4. The number of hydrogen-bond donors (Lipinski definition) is 1. The first-order valence-electron chi connectivity index (χ1n) is 5.91. The first kappa shape index (κ1) is 10.9. The molecule has 1 aliphatic heterocycles. The second kappa shape index (κ2) is 4.25. The van der Waals surface area contributed by atoms with Crippen LogP contribution in [0.1, 0.15) is 12.8 Å². The summed E-state index contributed by atoms with van der Waals surface area (Å²) in [5.41, 5.74) is 0.242. The Bertz CT molecular complexity index is 632. The Morgan fingerprint density at radius 2 is 2.39 bits per heavy atom. The summed E-state index contributed by atoms with van der Waals surface area (Å²) in [4.78, 5) is 28.5. The third-order valence-corrected chi connectivity index (χ3v) is 3.27. The first-order valence-corrected chi connectivity index (χ1v) is 5.91. The van der Waals surface area contributed by atoms with Crippen LogP contribution in [0.15, 0.2) is 17.2 Å². The third-order valence-electron chi connectivity index (χ3n) is 3.27. The van der Waals surface area contributed by atoms with Crippen LogP contribution >= 0.6 is 0 Å². The van der Waals surface area contributed by atoms with Crippen LogP contribution in [-0.2, 0) is 4.79 Å². The van der Waals surface area contributed by atoms with E-state index < -0.39 is 0 Å². The van der Waals surface area contributed by atoms with Crippen molar-refractivity contribution in [2.24, 2.45) is 5.92 Å². The molecule has 1 N–H and O–H groups in total. The van der Waals surface area contributed by atoms with Gasteiger partial charge in [0.2, 0.25) is 0 Å². The van der Waals surface area contributed by atoms with Crippen molar-refractivity contribution in [3.05, 3.63) is 22.9 Å². The summed E-state index contributed by atoms with van der Waals surface area (Å²) < 4.78 is 1.35. The van der Waals surface area contributed by atoms with E-state index in [0.29, 0.717) is 12.2 Å². The van der Waals surface area contributed by atoms with Gasteiger partial charge < -0.3 is 9.69 Å². The Kier molecular flexibility index (Phi) is 2.58. The molecule has 0 spiro atoms. The molecule has 3 heterocycles. The second-order valence-corrected chi connectivity index (χ2v) is 4.49. The van der Waals surface area contributed by atoms with Gasteiger partial charge in [-0.15, -0.1) is 0 Å². The molecule has 0 aromatic carbocycles. The molecule has 1 fully saturated rings. The van der Waals surface area contributed by atoms with E-state index in [4.69, 9.17) is 0 Å². The summed E-state index contributed by atoms with van der Waals surface area (Å²) in [6.07, 6.45) is 4.37. The van der Waals surface area contributed by atoms with Crippen LogP contribution in [0.5, 0.6) is 0 Å². The highest BCUT2D eigenvalue weighted by Gasteiger charge is 2.20. The fraction of sp³-hybridized carbons (Fsp3) is 0.455. The largest absolute Gasteiger partial charge is 0.356 e. The van der Waals surface area contributed by atoms with E-state index in [1.165, 1.54) is 10.7 Å². The monoisotopic (exact) mass is 247 g/mol. The second-order valence-electron chi connectivity index (χ2n) is 4.49. The van der Waals surface area contributed by atoms with Crippen molar-refractivity contribution in [3.8, 4) is 0 Å². The zero-order valence-electron chi connectivity index (χ0n) is 9.74. The van der Waals surface area contributed by atoms with Crippen molar-refractivity contribution in [2.75, 3.05) is 18.0 Å². The van der Waals surface area contributed by atoms with E-state index in [2.05, 4.69) is 20.1 Å². The summed E-state index contributed by atoms with van der Waals surface area (Å²) in [5.74, 6) is 0.825. The Hall–Kier alpha value is -2.18. The van der Waals surface area contributed by atoms with Gasteiger partial charge in [0.1, 0.15) is 18.4 Å². The quantitative estimate of drug-likeness (QED) is 0.745. The van der Waals surface area contributed by atoms with Crippen LogP contribution in [0.4, 0.5) is 5.82 Å². The Labute approximate surface area is 102 Å². The minimum Gasteiger partial charge on any atom is -0.356 e. The van der Waals surface area contributed by atoms with Gasteiger partial charge in [0.25, 0.3) is 0 Å². The Morgan fingerprint density at radius 1 is 1.50 bits per heavy atom. The molecule has 1 aliphatic rings. The maximum Gasteiger partial charge on any atom is 0.348 e. The highest BCUT2D eigenvalue weighted by atomic mass is 16.1. The number of H-pyrrole nitrogens is 1. The lowest BCUT2D eigenvalue weighted by Crippen LogP contribution is -2.36. The van der Waals surface area contributed by atoms with E-state index in [0.717, 1.165) is 31.5 Å². The van der Waals surface area contributed by atoms with Crippen LogP contribution in [0.25, 0.3) is 5.65 Å². The zero-order valence-corrected chi connectivity index (χ0v) is 9.74. The lowest BCUT2D eigenvalue weighted by molar-refractivity contribution is -0.111. The molecule has 0 saturated carbocycles. The molecule has 3 rings (SSSR count). The Balaban J connectivity index is 1.93. The number of aromatic nitrogens is 4. The van der Waals surface area contributed by atoms with Gasteiger partial charge >= 0.3 is 5.69 Å². The Morgan fingerprint density at radius 3 is 3.22 bits per heavy atom. The van der Waals surface area contributed by atoms with Gasteiger partial charge in [-0.3, -0.25) is 0 Å². The van der Waals surface area contributed by atoms with Crippen molar-refractivity contribution in [1.82, 2.24) is 19.6 Å². The number of nitrogens with one attached hydrogen (secondary N) is 1. The van der Waals surface area contributed by atoms with E-state index in [-0.39, 0.29) is 11.6 Å². The normalized spacial score (nSPS) is 20.2. The van der Waals surface area contributed by atoms with Gasteiger partial charge in [0.05, 0.1) is 0 Å². The first-order chi connectivity index (χ1) is 8.78. The van der Waals surface area contributed by atoms with E-state index in [1.807, 2.05) is 0 Å². The molecule has 2 aromatic rings. The molecule has 1 unspecified atom stereocenters. The van der Waals surface area contributed by atoms with Gasteiger partial charge in [0.15, 0.2) is 5.65 Å². The van der Waals surface area contributed by atoms with E-state index >= 15 is 0 Å². The summed E-state index contributed by atoms with van der Waals surface area (Å²) in [5, 5.41) is 6.27. The number of hydrogen-bond acceptors (Lipinski definition) is 5. The number of fused-ring (bicyclic) bond motifs is 1. The van der Waals surface area contributed by atoms with Crippen LogP contribution in [0.3, 0.4) is 0 Å². The van der Waals surface area contributed by atoms with Crippen molar-refractivity contribution in [2.45, 2.75) is 12.8 Å². The molecule has 0 bridgehead atoms. The summed E-state index contributed by atoms with van der Waals surface area (Å²) in [7, 11) is 0. The van der Waals surface area contributed by atoms with Crippen LogP contribution < -0.4 is 10.6 Å². The molecule has 7 nitrogen and oxygen atoms in total. The number of aromatic amines is 1. The third kappa shape index (κ3) is 1.77. The van der Waals surface area contributed by atoms with Gasteiger partial charge in [-0.2, -0.15) is 5.10 Å². The molecule has 1 saturated heterocycles. The molecule has 94 valence electrons. The maximum absolute atomic E-state index is 11.3. The van der Waals surface area contributed by atoms with Crippen LogP contribution in [0.2, 0.25) is 0 Å². The summed E-state index contributed by atoms with van der Waals surface area (Å²) in [6, 6.07) is 1.76. The van der Waals surface area contributed by atoms with Crippen LogP contribution in [0, 0.1) is 5.92 Å². The van der Waals surface area contributed by atoms with Crippen molar-refractivity contribution >= 4 is 17.8 Å². The number of anilines is 1. The van der Waals surface area contributed by atoms with Crippen molar-refractivity contribution in [1.29, 1.82) is 0 Å². The number of carbonyl (C=O) groups is 1. The van der Waals surface area contributed by atoms with Gasteiger partial charge in [-0.1, -0.05) is 0 Å². The number of rotatable bonds is 2. The predicted molar refractivity (Wildman–Crippen MR) is 64.6 cm³/mol. The number of aldehydes is 1. The number of piperidine rings is 1. The van der Waals surface area contributed by atoms with Crippen molar-refractivity contribution < 1.29 is 4.79 Å². The zero-order chi connectivity index (χ0) is 12.5. The topological polar surface area (TPSA) is 83.4 Å². The minimum absolute atomic E-state index is 0.0677. The highest BCUT2D eigenvalue weighted by molar-refractivity contribution is 5.57. The van der Waals surface area contributed by atoms with Crippen molar-refractivity contribution in [3.63, 3.8) is 0 Å². The van der Waals surface area contributed by atoms with Gasteiger partial charge in [-0.05, 0) is 12.8 Å². The average Bonchev–Trinajstić information content (AvgIpc) is 2.80. The molecule has 18 heavy (non-hydrogen) atoms.